The first-order valence-electron chi connectivity index (χ1n) is 15.8. The van der Waals surface area contributed by atoms with Crippen molar-refractivity contribution in [3.8, 4) is 0 Å². The second-order valence-electron chi connectivity index (χ2n) is 11.3. The number of hydrogen-bond donors (Lipinski definition) is 1. The van der Waals surface area contributed by atoms with Crippen LogP contribution < -0.4 is 0 Å². The molecule has 0 radical (unpaired) electrons. The first kappa shape index (κ1) is 42.3. The lowest BCUT2D eigenvalue weighted by molar-refractivity contribution is -0.368. The van der Waals surface area contributed by atoms with Crippen LogP contribution in [-0.2, 0) is 85.7 Å². The van der Waals surface area contributed by atoms with Crippen molar-refractivity contribution in [1.82, 2.24) is 0 Å². The SMILES string of the molecule is COC(=O)CCCCCO[C@H]1O[C@H](COC(C)=O)[C@@H](OC(C)=O)[C@H](OC(C)=O)[C@H]1O[C@H]1O[C@H](COC(C)=O)[C@@H](OC(C)=O)[C@H](OC(C)=O)[C@H]1O. The van der Waals surface area contributed by atoms with E-state index in [0.29, 0.717) is 19.3 Å². The van der Waals surface area contributed by atoms with E-state index >= 15 is 0 Å². The van der Waals surface area contributed by atoms with Gasteiger partial charge in [0.25, 0.3) is 0 Å². The molecule has 2 fully saturated rings. The third kappa shape index (κ3) is 13.8. The smallest absolute Gasteiger partial charge is 0.305 e. The second kappa shape index (κ2) is 20.7. The third-order valence-electron chi connectivity index (χ3n) is 7.14. The maximum atomic E-state index is 12.4. The van der Waals surface area contributed by atoms with Crippen LogP contribution in [0.4, 0.5) is 0 Å². The summed E-state index contributed by atoms with van der Waals surface area (Å²) in [7, 11) is 1.28. The number of methoxy groups -OCH3 is 1. The summed E-state index contributed by atoms with van der Waals surface area (Å²) in [5.74, 6) is -5.23. The van der Waals surface area contributed by atoms with Crippen molar-refractivity contribution in [2.75, 3.05) is 26.9 Å². The molecular formula is C31H46O19. The Morgan fingerprint density at radius 1 is 0.560 bits per heavy atom. The molecule has 0 aliphatic carbocycles. The maximum absolute atomic E-state index is 12.4. The molecule has 0 aromatic carbocycles. The van der Waals surface area contributed by atoms with Gasteiger partial charge in [-0.1, -0.05) is 6.42 Å². The normalized spacial score (nSPS) is 29.1. The van der Waals surface area contributed by atoms with Crippen LogP contribution in [0.1, 0.15) is 67.2 Å². The van der Waals surface area contributed by atoms with Crippen molar-refractivity contribution < 1.29 is 90.8 Å². The zero-order valence-electron chi connectivity index (χ0n) is 29.0. The zero-order chi connectivity index (χ0) is 37.5. The summed E-state index contributed by atoms with van der Waals surface area (Å²) in [6, 6.07) is 0. The fraction of sp³-hybridized carbons (Fsp3) is 0.774. The van der Waals surface area contributed by atoms with Crippen LogP contribution in [0.2, 0.25) is 0 Å². The van der Waals surface area contributed by atoms with Gasteiger partial charge in [-0.2, -0.15) is 0 Å². The number of rotatable bonds is 17. The Morgan fingerprint density at radius 2 is 1.02 bits per heavy atom. The summed E-state index contributed by atoms with van der Waals surface area (Å²) in [5, 5.41) is 11.4. The number of unbranched alkanes of at least 4 members (excludes halogenated alkanes) is 2. The van der Waals surface area contributed by atoms with E-state index in [-0.39, 0.29) is 19.0 Å². The number of esters is 7. The summed E-state index contributed by atoms with van der Waals surface area (Å²) in [5.41, 5.74) is 0. The van der Waals surface area contributed by atoms with Crippen LogP contribution in [0, 0.1) is 0 Å². The van der Waals surface area contributed by atoms with Gasteiger partial charge in [-0.15, -0.1) is 0 Å². The first-order valence-corrected chi connectivity index (χ1v) is 15.8. The quantitative estimate of drug-likeness (QED) is 0.116. The van der Waals surface area contributed by atoms with Crippen molar-refractivity contribution in [3.63, 3.8) is 0 Å². The fourth-order valence-electron chi connectivity index (χ4n) is 5.15. The highest BCUT2D eigenvalue weighted by Gasteiger charge is 2.56. The van der Waals surface area contributed by atoms with Crippen LogP contribution in [0.15, 0.2) is 0 Å². The number of hydrogen-bond acceptors (Lipinski definition) is 19. The van der Waals surface area contributed by atoms with Crippen molar-refractivity contribution in [2.45, 2.75) is 129 Å². The minimum absolute atomic E-state index is 0.00917. The molecule has 0 amide bonds. The van der Waals surface area contributed by atoms with E-state index in [4.69, 9.17) is 47.4 Å². The van der Waals surface area contributed by atoms with Gasteiger partial charge < -0.3 is 57.2 Å². The van der Waals surface area contributed by atoms with E-state index in [1.807, 2.05) is 0 Å². The molecular weight excluding hydrogens is 676 g/mol. The minimum atomic E-state index is -1.89. The summed E-state index contributed by atoms with van der Waals surface area (Å²) in [6.07, 6.45) is -13.9. The average Bonchev–Trinajstić information content (AvgIpc) is 3.01. The average molecular weight is 723 g/mol. The number of carbonyl (C=O) groups is 7. The number of aliphatic hydroxyl groups excluding tert-OH is 1. The van der Waals surface area contributed by atoms with Gasteiger partial charge in [0, 0.05) is 54.6 Å². The van der Waals surface area contributed by atoms with Gasteiger partial charge in [-0.05, 0) is 12.8 Å². The van der Waals surface area contributed by atoms with Gasteiger partial charge in [-0.25, -0.2) is 0 Å². The van der Waals surface area contributed by atoms with Crippen LogP contribution in [0.5, 0.6) is 0 Å². The predicted molar refractivity (Wildman–Crippen MR) is 160 cm³/mol. The molecule has 50 heavy (non-hydrogen) atoms. The zero-order valence-corrected chi connectivity index (χ0v) is 29.0. The minimum Gasteiger partial charge on any atom is -0.469 e. The van der Waals surface area contributed by atoms with Crippen LogP contribution in [0.3, 0.4) is 0 Å². The Labute approximate surface area is 288 Å². The molecule has 19 heteroatoms. The van der Waals surface area contributed by atoms with Crippen molar-refractivity contribution >= 4 is 41.8 Å². The lowest BCUT2D eigenvalue weighted by Gasteiger charge is -2.48. The fourth-order valence-corrected chi connectivity index (χ4v) is 5.15. The summed E-state index contributed by atoms with van der Waals surface area (Å²) in [6.45, 7) is 5.47. The predicted octanol–water partition coefficient (Wildman–Crippen LogP) is -0.215. The van der Waals surface area contributed by atoms with Crippen LogP contribution >= 0.6 is 0 Å². The van der Waals surface area contributed by atoms with Crippen LogP contribution in [0.25, 0.3) is 0 Å². The molecule has 0 unspecified atom stereocenters. The topological polar surface area (TPSA) is 241 Å². The first-order chi connectivity index (χ1) is 23.5. The summed E-state index contributed by atoms with van der Waals surface area (Å²) < 4.78 is 60.5. The van der Waals surface area contributed by atoms with Crippen molar-refractivity contribution in [1.29, 1.82) is 0 Å². The number of carbonyl (C=O) groups excluding carboxylic acids is 7. The summed E-state index contributed by atoms with van der Waals surface area (Å²) in [4.78, 5) is 83.5. The molecule has 0 spiro atoms. The van der Waals surface area contributed by atoms with Crippen molar-refractivity contribution in [3.05, 3.63) is 0 Å². The largest absolute Gasteiger partial charge is 0.469 e. The van der Waals surface area contributed by atoms with E-state index in [1.54, 1.807) is 0 Å². The molecule has 2 aliphatic heterocycles. The molecule has 10 atom stereocenters. The van der Waals surface area contributed by atoms with Gasteiger partial charge in [0.1, 0.15) is 31.5 Å². The molecule has 1 N–H and O–H groups in total. The van der Waals surface area contributed by atoms with Gasteiger partial charge in [-0.3, -0.25) is 33.6 Å². The van der Waals surface area contributed by atoms with Crippen molar-refractivity contribution in [2.24, 2.45) is 0 Å². The Morgan fingerprint density at radius 3 is 1.50 bits per heavy atom. The standard InChI is InChI=1S/C31H46O19/c1-15(32)42-13-21-25(44-17(3)34)27(46-19(5)36)24(39)30(48-21)50-29-28(47-20(6)37)26(45-18(4)35)22(14-43-16(2)33)49-31(29)41-12-10-8-9-11-23(38)40-7/h21-22,24-31,39H,8-14H2,1-7H3/t21-,22-,24-,25-,26-,27-,28+,29-,30-,31+/m1/s1. The highest BCUT2D eigenvalue weighted by molar-refractivity contribution is 5.69. The van der Waals surface area contributed by atoms with E-state index in [2.05, 4.69) is 4.74 Å². The van der Waals surface area contributed by atoms with E-state index in [1.165, 1.54) is 7.11 Å². The highest BCUT2D eigenvalue weighted by atomic mass is 16.8. The molecule has 2 heterocycles. The monoisotopic (exact) mass is 722 g/mol. The molecule has 2 saturated heterocycles. The number of ether oxygens (including phenoxy) is 11. The third-order valence-corrected chi connectivity index (χ3v) is 7.14. The van der Waals surface area contributed by atoms with Crippen LogP contribution in [-0.4, -0.2) is 135 Å². The lowest BCUT2D eigenvalue weighted by Crippen LogP contribution is -2.66. The molecule has 284 valence electrons. The molecule has 2 aliphatic rings. The molecule has 0 aromatic heterocycles. The van der Waals surface area contributed by atoms with Gasteiger partial charge in [0.05, 0.1) is 7.11 Å². The van der Waals surface area contributed by atoms with E-state index < -0.39 is 110 Å². The molecule has 19 nitrogen and oxygen atoms in total. The van der Waals surface area contributed by atoms with E-state index in [9.17, 15) is 38.7 Å². The Kier molecular flexibility index (Phi) is 17.5. The Hall–Kier alpha value is -3.91. The lowest BCUT2D eigenvalue weighted by atomic mass is 9.96. The molecule has 0 saturated carbocycles. The Balaban J connectivity index is 2.53. The highest BCUT2D eigenvalue weighted by Crippen LogP contribution is 2.34. The molecule has 0 bridgehead atoms. The number of aliphatic hydroxyl groups is 1. The summed E-state index contributed by atoms with van der Waals surface area (Å²) >= 11 is 0. The molecule has 0 aromatic rings. The van der Waals surface area contributed by atoms with Gasteiger partial charge >= 0.3 is 41.8 Å². The maximum Gasteiger partial charge on any atom is 0.305 e. The molecule has 2 rings (SSSR count). The van der Waals surface area contributed by atoms with Gasteiger partial charge in [0.15, 0.2) is 43.1 Å². The Bertz CT molecular complexity index is 1190. The van der Waals surface area contributed by atoms with E-state index in [0.717, 1.165) is 41.5 Å². The second-order valence-corrected chi connectivity index (χ2v) is 11.3. The van der Waals surface area contributed by atoms with Gasteiger partial charge in [0.2, 0.25) is 0 Å².